The highest BCUT2D eigenvalue weighted by Crippen LogP contribution is 2.28. The number of aromatic amines is 1. The number of hydrogen-bond donors (Lipinski definition) is 2. The van der Waals surface area contributed by atoms with Gasteiger partial charge < -0.3 is 5.73 Å². The van der Waals surface area contributed by atoms with Gasteiger partial charge in [-0.2, -0.15) is 5.10 Å². The zero-order valence-electron chi connectivity index (χ0n) is 11.9. The molecule has 0 atom stereocenters. The number of amides is 1. The molecule has 0 radical (unpaired) electrons. The monoisotopic (exact) mass is 295 g/mol. The van der Waals surface area contributed by atoms with Crippen molar-refractivity contribution in [3.8, 4) is 22.5 Å². The second-order valence-corrected chi connectivity index (χ2v) is 5.06. The van der Waals surface area contributed by atoms with Crippen LogP contribution in [0.4, 0.5) is 4.39 Å². The number of carbonyl (C=O) groups is 1. The van der Waals surface area contributed by atoms with E-state index >= 15 is 0 Å². The second kappa shape index (κ2) is 5.44. The number of H-pyrrole nitrogens is 1. The summed E-state index contributed by atoms with van der Waals surface area (Å²) in [6.07, 6.45) is 0. The van der Waals surface area contributed by atoms with E-state index in [1.807, 2.05) is 31.2 Å². The van der Waals surface area contributed by atoms with Crippen molar-refractivity contribution >= 4 is 5.91 Å². The maximum absolute atomic E-state index is 14.1. The molecule has 5 heteroatoms. The number of nitrogens with zero attached hydrogens (tertiary/aromatic N) is 1. The van der Waals surface area contributed by atoms with Crippen LogP contribution in [0.2, 0.25) is 0 Å². The normalized spacial score (nSPS) is 10.6. The number of rotatable bonds is 3. The summed E-state index contributed by atoms with van der Waals surface area (Å²) in [4.78, 5) is 11.5. The molecule has 3 rings (SSSR count). The largest absolute Gasteiger partial charge is 0.366 e. The Morgan fingerprint density at radius 1 is 1.18 bits per heavy atom. The highest BCUT2D eigenvalue weighted by Gasteiger charge is 2.17. The van der Waals surface area contributed by atoms with E-state index in [9.17, 15) is 9.18 Å². The Balaban J connectivity index is 2.08. The molecule has 0 spiro atoms. The minimum Gasteiger partial charge on any atom is -0.366 e. The summed E-state index contributed by atoms with van der Waals surface area (Å²) in [5, 5.41) is 6.96. The number of halogens is 1. The molecular formula is C17H14FN3O. The average molecular weight is 295 g/mol. The van der Waals surface area contributed by atoms with Gasteiger partial charge in [-0.25, -0.2) is 4.39 Å². The first-order chi connectivity index (χ1) is 10.6. The van der Waals surface area contributed by atoms with Crippen LogP contribution >= 0.6 is 0 Å². The van der Waals surface area contributed by atoms with E-state index in [1.165, 1.54) is 18.2 Å². The number of aryl methyl sites for hydroxylation is 1. The molecule has 0 aliphatic rings. The molecular weight excluding hydrogens is 281 g/mol. The Labute approximate surface area is 126 Å². The minimum absolute atomic E-state index is 0.124. The first kappa shape index (κ1) is 14.0. The van der Waals surface area contributed by atoms with Gasteiger partial charge in [0.2, 0.25) is 5.91 Å². The van der Waals surface area contributed by atoms with Gasteiger partial charge in [-0.1, -0.05) is 35.9 Å². The van der Waals surface area contributed by atoms with Crippen molar-refractivity contribution in [2.45, 2.75) is 6.92 Å². The lowest BCUT2D eigenvalue weighted by Gasteiger charge is -2.05. The molecule has 0 aliphatic carbocycles. The van der Waals surface area contributed by atoms with Gasteiger partial charge in [0.15, 0.2) is 0 Å². The number of nitrogens with two attached hydrogens (primary N) is 1. The van der Waals surface area contributed by atoms with E-state index < -0.39 is 11.7 Å². The third kappa shape index (κ3) is 2.48. The Morgan fingerprint density at radius 3 is 2.59 bits per heavy atom. The topological polar surface area (TPSA) is 71.8 Å². The SMILES string of the molecule is Cc1ccc(-c2cc(-c3c(F)cccc3C(N)=O)[nH]n2)cc1. The summed E-state index contributed by atoms with van der Waals surface area (Å²) in [6.45, 7) is 2.00. The van der Waals surface area contributed by atoms with Gasteiger partial charge in [-0.05, 0) is 25.1 Å². The van der Waals surface area contributed by atoms with Gasteiger partial charge in [0.1, 0.15) is 5.82 Å². The predicted octanol–water partition coefficient (Wildman–Crippen LogP) is 3.29. The third-order valence-electron chi connectivity index (χ3n) is 3.47. The van der Waals surface area contributed by atoms with Crippen LogP contribution in [0.3, 0.4) is 0 Å². The lowest BCUT2D eigenvalue weighted by molar-refractivity contribution is 0.100. The van der Waals surface area contributed by atoms with Crippen molar-refractivity contribution in [1.82, 2.24) is 10.2 Å². The Morgan fingerprint density at radius 2 is 1.91 bits per heavy atom. The van der Waals surface area contributed by atoms with Crippen molar-refractivity contribution in [1.29, 1.82) is 0 Å². The van der Waals surface area contributed by atoms with Gasteiger partial charge in [-0.3, -0.25) is 9.89 Å². The maximum atomic E-state index is 14.1. The van der Waals surface area contributed by atoms with Crippen LogP contribution < -0.4 is 5.73 Å². The fraction of sp³-hybridized carbons (Fsp3) is 0.0588. The molecule has 0 aliphatic heterocycles. The number of benzene rings is 2. The molecule has 0 unspecified atom stereocenters. The molecule has 0 fully saturated rings. The van der Waals surface area contributed by atoms with Crippen LogP contribution in [0.25, 0.3) is 22.5 Å². The van der Waals surface area contributed by atoms with Crippen molar-refractivity contribution in [2.24, 2.45) is 5.73 Å². The predicted molar refractivity (Wildman–Crippen MR) is 82.7 cm³/mol. The van der Waals surface area contributed by atoms with Crippen molar-refractivity contribution < 1.29 is 9.18 Å². The molecule has 0 saturated heterocycles. The molecule has 3 aromatic rings. The number of aromatic nitrogens is 2. The van der Waals surface area contributed by atoms with Crippen molar-refractivity contribution in [3.05, 3.63) is 65.5 Å². The molecule has 110 valence electrons. The summed E-state index contributed by atoms with van der Waals surface area (Å²) < 4.78 is 14.1. The molecule has 1 amide bonds. The van der Waals surface area contributed by atoms with Gasteiger partial charge in [-0.15, -0.1) is 0 Å². The van der Waals surface area contributed by atoms with Crippen molar-refractivity contribution in [2.75, 3.05) is 0 Å². The summed E-state index contributed by atoms with van der Waals surface area (Å²) in [7, 11) is 0. The molecule has 1 heterocycles. The van der Waals surface area contributed by atoms with E-state index in [2.05, 4.69) is 10.2 Å². The lowest BCUT2D eigenvalue weighted by atomic mass is 10.0. The van der Waals surface area contributed by atoms with Gasteiger partial charge in [0.05, 0.1) is 17.0 Å². The Bertz CT molecular complexity index is 837. The first-order valence-electron chi connectivity index (χ1n) is 6.77. The molecule has 2 aromatic carbocycles. The van der Waals surface area contributed by atoms with E-state index in [4.69, 9.17) is 5.73 Å². The van der Waals surface area contributed by atoms with Crippen LogP contribution in [-0.4, -0.2) is 16.1 Å². The number of nitrogens with one attached hydrogen (secondary N) is 1. The van der Waals surface area contributed by atoms with Crippen LogP contribution in [0, 0.1) is 12.7 Å². The minimum atomic E-state index is -0.680. The summed E-state index contributed by atoms with van der Waals surface area (Å²) in [5.74, 6) is -1.20. The van der Waals surface area contributed by atoms with Gasteiger partial charge in [0, 0.05) is 11.1 Å². The van der Waals surface area contributed by atoms with Crippen molar-refractivity contribution in [3.63, 3.8) is 0 Å². The fourth-order valence-corrected chi connectivity index (χ4v) is 2.33. The standard InChI is InChI=1S/C17H14FN3O/c1-10-5-7-11(8-6-10)14-9-15(21-20-14)16-12(17(19)22)3-2-4-13(16)18/h2-9H,1H3,(H2,19,22)(H,20,21). The zero-order valence-corrected chi connectivity index (χ0v) is 11.9. The first-order valence-corrected chi connectivity index (χ1v) is 6.77. The van der Waals surface area contributed by atoms with Crippen LogP contribution in [-0.2, 0) is 0 Å². The van der Waals surface area contributed by atoms with E-state index in [0.29, 0.717) is 11.4 Å². The Hall–Kier alpha value is -2.95. The maximum Gasteiger partial charge on any atom is 0.249 e. The molecule has 0 bridgehead atoms. The smallest absolute Gasteiger partial charge is 0.249 e. The number of hydrogen-bond acceptors (Lipinski definition) is 2. The highest BCUT2D eigenvalue weighted by atomic mass is 19.1. The van der Waals surface area contributed by atoms with Gasteiger partial charge >= 0.3 is 0 Å². The summed E-state index contributed by atoms with van der Waals surface area (Å²) >= 11 is 0. The fourth-order valence-electron chi connectivity index (χ4n) is 2.33. The van der Waals surface area contributed by atoms with E-state index in [-0.39, 0.29) is 11.1 Å². The van der Waals surface area contributed by atoms with Crippen LogP contribution in [0.15, 0.2) is 48.5 Å². The van der Waals surface area contributed by atoms with E-state index in [0.717, 1.165) is 11.1 Å². The third-order valence-corrected chi connectivity index (χ3v) is 3.47. The second-order valence-electron chi connectivity index (χ2n) is 5.06. The quantitative estimate of drug-likeness (QED) is 0.778. The molecule has 0 saturated carbocycles. The molecule has 4 nitrogen and oxygen atoms in total. The zero-order chi connectivity index (χ0) is 15.7. The molecule has 3 N–H and O–H groups in total. The average Bonchev–Trinajstić information content (AvgIpc) is 2.97. The summed E-state index contributed by atoms with van der Waals surface area (Å²) in [5.41, 5.74) is 8.72. The van der Waals surface area contributed by atoms with Crippen LogP contribution in [0.5, 0.6) is 0 Å². The van der Waals surface area contributed by atoms with E-state index in [1.54, 1.807) is 6.07 Å². The number of carbonyl (C=O) groups excluding carboxylic acids is 1. The lowest BCUT2D eigenvalue weighted by Crippen LogP contribution is -2.13. The number of primary amides is 1. The highest BCUT2D eigenvalue weighted by molar-refractivity contribution is 5.99. The van der Waals surface area contributed by atoms with Crippen LogP contribution in [0.1, 0.15) is 15.9 Å². The Kier molecular flexibility index (Phi) is 3.47. The molecule has 1 aromatic heterocycles. The molecule has 22 heavy (non-hydrogen) atoms. The van der Waals surface area contributed by atoms with Gasteiger partial charge in [0.25, 0.3) is 0 Å². The summed E-state index contributed by atoms with van der Waals surface area (Å²) in [6, 6.07) is 13.8.